The predicted octanol–water partition coefficient (Wildman–Crippen LogP) is 3.01. The van der Waals surface area contributed by atoms with Gasteiger partial charge in [0.1, 0.15) is 12.4 Å². The number of fused-ring (bicyclic) bond motifs is 2. The highest BCUT2D eigenvalue weighted by Gasteiger charge is 2.37. The maximum absolute atomic E-state index is 11.7. The molecule has 2 aromatic heterocycles. The molecule has 2 aliphatic rings. The van der Waals surface area contributed by atoms with E-state index < -0.39 is 0 Å². The largest absolute Gasteiger partial charge is 0.447 e. The summed E-state index contributed by atoms with van der Waals surface area (Å²) in [5.41, 5.74) is 8.96. The van der Waals surface area contributed by atoms with Gasteiger partial charge in [0.15, 0.2) is 0 Å². The van der Waals surface area contributed by atoms with Crippen molar-refractivity contribution in [2.75, 3.05) is 26.2 Å². The summed E-state index contributed by atoms with van der Waals surface area (Å²) in [6.07, 6.45) is 4.07. The molecule has 0 aliphatic carbocycles. The molecule has 1 unspecified atom stereocenters. The number of nitrogens with one attached hydrogen (secondary N) is 1. The lowest BCUT2D eigenvalue weighted by Crippen LogP contribution is -2.51. The standard InChI is InChI=1S/C24H24N6O3/c25-8-7-21(26)17-2-6-23(27-12-17)33-20-4-5-22-16(11-20)1-3-18(28-22)13-29-9-10-30-19(14-29)15-32-24(30)31/h1-8,11-12,19,25H,9-10,13-15,26H2/b21-7-,25-8?. The Morgan fingerprint density at radius 1 is 1.24 bits per heavy atom. The molecule has 0 spiro atoms. The monoisotopic (exact) mass is 444 g/mol. The fourth-order valence-electron chi connectivity index (χ4n) is 4.14. The van der Waals surface area contributed by atoms with Crippen molar-refractivity contribution in [1.82, 2.24) is 19.8 Å². The molecule has 0 bridgehead atoms. The van der Waals surface area contributed by atoms with Gasteiger partial charge in [-0.25, -0.2) is 9.78 Å². The molecule has 2 fully saturated rings. The fourth-order valence-corrected chi connectivity index (χ4v) is 4.14. The second kappa shape index (κ2) is 8.87. The second-order valence-electron chi connectivity index (χ2n) is 8.09. The molecule has 2 aliphatic heterocycles. The molecule has 33 heavy (non-hydrogen) atoms. The van der Waals surface area contributed by atoms with E-state index in [1.54, 1.807) is 18.3 Å². The number of pyridine rings is 2. The average molecular weight is 444 g/mol. The maximum atomic E-state index is 11.7. The highest BCUT2D eigenvalue weighted by molar-refractivity contribution is 5.81. The number of carbonyl (C=O) groups is 1. The summed E-state index contributed by atoms with van der Waals surface area (Å²) in [4.78, 5) is 24.9. The minimum atomic E-state index is -0.198. The molecule has 4 heterocycles. The van der Waals surface area contributed by atoms with Gasteiger partial charge in [0, 0.05) is 61.3 Å². The van der Waals surface area contributed by atoms with E-state index in [2.05, 4.69) is 9.88 Å². The van der Waals surface area contributed by atoms with E-state index in [4.69, 9.17) is 25.6 Å². The van der Waals surface area contributed by atoms with Crippen molar-refractivity contribution in [3.63, 3.8) is 0 Å². The Morgan fingerprint density at radius 2 is 2.15 bits per heavy atom. The molecular weight excluding hydrogens is 420 g/mol. The number of carbonyl (C=O) groups excluding carboxylic acids is 1. The molecule has 0 radical (unpaired) electrons. The first-order chi connectivity index (χ1) is 16.1. The van der Waals surface area contributed by atoms with E-state index in [9.17, 15) is 4.79 Å². The molecule has 3 aromatic rings. The Morgan fingerprint density at radius 3 is 2.97 bits per heavy atom. The Kier molecular flexibility index (Phi) is 5.62. The topological polar surface area (TPSA) is 118 Å². The number of nitrogens with two attached hydrogens (primary N) is 1. The van der Waals surface area contributed by atoms with E-state index in [0.29, 0.717) is 30.5 Å². The van der Waals surface area contributed by atoms with Gasteiger partial charge in [-0.15, -0.1) is 0 Å². The third-order valence-electron chi connectivity index (χ3n) is 5.86. The summed E-state index contributed by atoms with van der Waals surface area (Å²) in [6.45, 7) is 3.51. The van der Waals surface area contributed by atoms with Crippen LogP contribution in [-0.4, -0.2) is 64.4 Å². The van der Waals surface area contributed by atoms with Crippen LogP contribution < -0.4 is 10.5 Å². The first-order valence-electron chi connectivity index (χ1n) is 10.7. The molecule has 1 aromatic carbocycles. The van der Waals surface area contributed by atoms with Gasteiger partial charge in [0.25, 0.3) is 0 Å². The Balaban J connectivity index is 1.25. The van der Waals surface area contributed by atoms with Gasteiger partial charge < -0.3 is 20.6 Å². The van der Waals surface area contributed by atoms with E-state index in [0.717, 1.165) is 48.0 Å². The second-order valence-corrected chi connectivity index (χ2v) is 8.09. The quantitative estimate of drug-likeness (QED) is 0.561. The highest BCUT2D eigenvalue weighted by Crippen LogP contribution is 2.25. The first-order valence-corrected chi connectivity index (χ1v) is 10.7. The van der Waals surface area contributed by atoms with Crippen LogP contribution in [0.2, 0.25) is 0 Å². The average Bonchev–Trinajstić information content (AvgIpc) is 3.20. The van der Waals surface area contributed by atoms with E-state index in [1.807, 2.05) is 35.2 Å². The van der Waals surface area contributed by atoms with Gasteiger partial charge >= 0.3 is 6.09 Å². The van der Waals surface area contributed by atoms with Crippen molar-refractivity contribution in [3.05, 3.63) is 66.0 Å². The van der Waals surface area contributed by atoms with Crippen molar-refractivity contribution in [1.29, 1.82) is 5.41 Å². The number of hydrogen-bond donors (Lipinski definition) is 2. The Hall–Kier alpha value is -3.98. The number of piperazine rings is 1. The SMILES string of the molecule is N=C/C=C(\N)c1ccc(Oc2ccc3nc(CN4CCN5C(=O)OCC5C4)ccc3c2)nc1. The molecule has 0 saturated carbocycles. The van der Waals surface area contributed by atoms with Crippen LogP contribution in [0.25, 0.3) is 16.6 Å². The number of rotatable bonds is 6. The van der Waals surface area contributed by atoms with Gasteiger partial charge in [0.05, 0.1) is 17.3 Å². The number of amides is 1. The maximum Gasteiger partial charge on any atom is 0.410 e. The van der Waals surface area contributed by atoms with Crippen LogP contribution in [0.15, 0.2) is 54.7 Å². The smallest absolute Gasteiger partial charge is 0.410 e. The van der Waals surface area contributed by atoms with Crippen LogP contribution in [0, 0.1) is 5.41 Å². The number of benzene rings is 1. The van der Waals surface area contributed by atoms with Crippen molar-refractivity contribution in [3.8, 4) is 11.6 Å². The lowest BCUT2D eigenvalue weighted by atomic mass is 10.1. The lowest BCUT2D eigenvalue weighted by Gasteiger charge is -2.35. The van der Waals surface area contributed by atoms with E-state index in [1.165, 1.54) is 6.08 Å². The van der Waals surface area contributed by atoms with E-state index >= 15 is 0 Å². The van der Waals surface area contributed by atoms with Crippen LogP contribution in [0.4, 0.5) is 4.79 Å². The molecule has 3 N–H and O–H groups in total. The van der Waals surface area contributed by atoms with Gasteiger partial charge in [-0.2, -0.15) is 0 Å². The summed E-state index contributed by atoms with van der Waals surface area (Å²) in [7, 11) is 0. The van der Waals surface area contributed by atoms with Crippen LogP contribution in [-0.2, 0) is 11.3 Å². The van der Waals surface area contributed by atoms with Gasteiger partial charge in [0.2, 0.25) is 5.88 Å². The Bertz CT molecular complexity index is 1230. The molecule has 9 nitrogen and oxygen atoms in total. The van der Waals surface area contributed by atoms with Gasteiger partial charge in [-0.1, -0.05) is 6.07 Å². The number of aromatic nitrogens is 2. The van der Waals surface area contributed by atoms with Crippen molar-refractivity contribution < 1.29 is 14.3 Å². The first kappa shape index (κ1) is 20.9. The zero-order valence-corrected chi connectivity index (χ0v) is 18.0. The predicted molar refractivity (Wildman–Crippen MR) is 124 cm³/mol. The minimum absolute atomic E-state index is 0.137. The Labute approximate surface area is 190 Å². The van der Waals surface area contributed by atoms with Crippen LogP contribution in [0.3, 0.4) is 0 Å². The normalized spacial score (nSPS) is 18.8. The van der Waals surface area contributed by atoms with Crippen LogP contribution >= 0.6 is 0 Å². The molecule has 1 amide bonds. The molecule has 1 atom stereocenters. The highest BCUT2D eigenvalue weighted by atomic mass is 16.6. The number of ether oxygens (including phenoxy) is 2. The number of allylic oxidation sites excluding steroid dienone is 1. The summed E-state index contributed by atoms with van der Waals surface area (Å²) in [5, 5.41) is 8.08. The van der Waals surface area contributed by atoms with Crippen molar-refractivity contribution in [2.24, 2.45) is 5.73 Å². The van der Waals surface area contributed by atoms with Crippen LogP contribution in [0.5, 0.6) is 11.6 Å². The number of cyclic esters (lactones) is 1. The zero-order valence-electron chi connectivity index (χ0n) is 18.0. The number of nitrogens with zero attached hydrogens (tertiary/aromatic N) is 4. The number of hydrogen-bond acceptors (Lipinski definition) is 8. The van der Waals surface area contributed by atoms with Crippen LogP contribution in [0.1, 0.15) is 11.3 Å². The summed E-state index contributed by atoms with van der Waals surface area (Å²) in [5.74, 6) is 1.13. The minimum Gasteiger partial charge on any atom is -0.447 e. The fraction of sp³-hybridized carbons (Fsp3) is 0.250. The third kappa shape index (κ3) is 4.49. The zero-order chi connectivity index (χ0) is 22.8. The lowest BCUT2D eigenvalue weighted by molar-refractivity contribution is 0.115. The molecule has 168 valence electrons. The molecule has 9 heteroatoms. The molecule has 2 saturated heterocycles. The van der Waals surface area contributed by atoms with Gasteiger partial charge in [-0.3, -0.25) is 14.8 Å². The summed E-state index contributed by atoms with van der Waals surface area (Å²) >= 11 is 0. The summed E-state index contributed by atoms with van der Waals surface area (Å²) < 4.78 is 11.0. The van der Waals surface area contributed by atoms with Crippen molar-refractivity contribution in [2.45, 2.75) is 12.6 Å². The molecular formula is C24H24N6O3. The van der Waals surface area contributed by atoms with Gasteiger partial charge in [-0.05, 0) is 36.4 Å². The summed E-state index contributed by atoms with van der Waals surface area (Å²) in [6, 6.07) is 13.5. The van der Waals surface area contributed by atoms with E-state index in [-0.39, 0.29) is 12.1 Å². The van der Waals surface area contributed by atoms with Crippen molar-refractivity contribution >= 4 is 28.9 Å². The molecule has 5 rings (SSSR count). The third-order valence-corrected chi connectivity index (χ3v) is 5.86.